The van der Waals surface area contributed by atoms with Gasteiger partial charge in [-0.05, 0) is 62.9 Å². The Hall–Kier alpha value is -4.08. The highest BCUT2D eigenvalue weighted by atomic mass is 32.2. The van der Waals surface area contributed by atoms with Crippen LogP contribution in [0.2, 0.25) is 0 Å². The van der Waals surface area contributed by atoms with E-state index in [0.29, 0.717) is 40.5 Å². The van der Waals surface area contributed by atoms with E-state index in [1.54, 1.807) is 31.2 Å². The molecule has 1 amide bonds. The Kier molecular flexibility index (Phi) is 12.8. The molecule has 1 fully saturated rings. The topological polar surface area (TPSA) is 239 Å². The number of carbonyl (C=O) groups is 2. The number of piperidine rings is 1. The van der Waals surface area contributed by atoms with Crippen LogP contribution in [0.25, 0.3) is 33.4 Å². The maximum atomic E-state index is 14.2. The van der Waals surface area contributed by atoms with Gasteiger partial charge in [0.05, 0.1) is 33.6 Å². The molecule has 1 aliphatic carbocycles. The van der Waals surface area contributed by atoms with E-state index in [-0.39, 0.29) is 73.5 Å². The van der Waals surface area contributed by atoms with Gasteiger partial charge in [-0.3, -0.25) is 9.59 Å². The third kappa shape index (κ3) is 9.73. The van der Waals surface area contributed by atoms with E-state index >= 15 is 0 Å². The maximum absolute atomic E-state index is 14.2. The summed E-state index contributed by atoms with van der Waals surface area (Å²) in [5.41, 5.74) is 2.60. The molecular formula is C34H38N3O13S3-. The van der Waals surface area contributed by atoms with Gasteiger partial charge in [-0.2, -0.15) is 0 Å². The summed E-state index contributed by atoms with van der Waals surface area (Å²) in [6, 6.07) is 10.7. The smallest absolute Gasteiger partial charge is 0.306 e. The number of nitrogens with one attached hydrogen (secondary N) is 2. The van der Waals surface area contributed by atoms with Crippen molar-refractivity contribution in [3.05, 3.63) is 64.5 Å². The van der Waals surface area contributed by atoms with Crippen LogP contribution in [0.4, 0.5) is 5.69 Å². The Balaban J connectivity index is 1.73. The van der Waals surface area contributed by atoms with Crippen molar-refractivity contribution in [2.45, 2.75) is 44.4 Å². The minimum Gasteiger partial charge on any atom is -0.748 e. The van der Waals surface area contributed by atoms with Crippen LogP contribution in [0.1, 0.15) is 47.2 Å². The minimum atomic E-state index is -5.18. The fraction of sp³-hybridized carbons (Fsp3) is 0.382. The number of fused-ring (bicyclic) bond motifs is 2. The fourth-order valence-corrected chi connectivity index (χ4v) is 7.65. The van der Waals surface area contributed by atoms with Gasteiger partial charge in [0.15, 0.2) is 0 Å². The lowest BCUT2D eigenvalue weighted by atomic mass is 9.88. The second-order valence-electron chi connectivity index (χ2n) is 12.6. The van der Waals surface area contributed by atoms with Crippen LogP contribution in [0, 0.1) is 19.8 Å². The zero-order valence-corrected chi connectivity index (χ0v) is 31.3. The largest absolute Gasteiger partial charge is 0.748 e. The van der Waals surface area contributed by atoms with Crippen LogP contribution >= 0.6 is 12.9 Å². The average Bonchev–Trinajstić information content (AvgIpc) is 3.10. The molecule has 19 heteroatoms. The number of anilines is 1. The van der Waals surface area contributed by atoms with Crippen LogP contribution < -0.4 is 15.7 Å². The van der Waals surface area contributed by atoms with Crippen LogP contribution in [0.15, 0.2) is 51.8 Å². The van der Waals surface area contributed by atoms with Crippen LogP contribution in [0.3, 0.4) is 0 Å². The molecule has 2 heterocycles. The maximum Gasteiger partial charge on any atom is 0.306 e. The summed E-state index contributed by atoms with van der Waals surface area (Å²) in [5, 5.41) is 17.9. The van der Waals surface area contributed by atoms with Crippen molar-refractivity contribution in [2.75, 3.05) is 43.9 Å². The number of hydrogen-bond donors (Lipinski definition) is 4. The number of aryl methyl sites for hydroxylation is 2. The number of rotatable bonds is 15. The summed E-state index contributed by atoms with van der Waals surface area (Å²) in [6.45, 7) is 4.56. The van der Waals surface area contributed by atoms with Crippen LogP contribution in [-0.4, -0.2) is 86.4 Å². The molecule has 1 saturated heterocycles. The molecule has 2 aliphatic heterocycles. The molecule has 5 rings (SSSR count). The van der Waals surface area contributed by atoms with E-state index in [2.05, 4.69) is 32.6 Å². The Morgan fingerprint density at radius 1 is 1.04 bits per heavy atom. The van der Waals surface area contributed by atoms with Gasteiger partial charge >= 0.3 is 5.97 Å². The first-order valence-electron chi connectivity index (χ1n) is 16.6. The lowest BCUT2D eigenvalue weighted by Crippen LogP contribution is -2.77. The Morgan fingerprint density at radius 3 is 2.43 bits per heavy atom. The summed E-state index contributed by atoms with van der Waals surface area (Å²) in [7, 11) is -9.59. The van der Waals surface area contributed by atoms with Crippen LogP contribution in [0.5, 0.6) is 0 Å². The molecule has 53 heavy (non-hydrogen) atoms. The van der Waals surface area contributed by atoms with Gasteiger partial charge in [-0.1, -0.05) is 11.1 Å². The van der Waals surface area contributed by atoms with E-state index in [9.17, 15) is 40.6 Å². The number of likely N-dealkylation sites (tertiary alicyclic amines) is 1. The second-order valence-corrected chi connectivity index (χ2v) is 15.6. The number of nitrogens with zero attached hydrogens (tertiary/aromatic N) is 1. The third-order valence-corrected chi connectivity index (χ3v) is 10.7. The van der Waals surface area contributed by atoms with Crippen molar-refractivity contribution in [3.63, 3.8) is 0 Å². The molecule has 0 bridgehead atoms. The normalized spacial score (nSPS) is 14.7. The summed E-state index contributed by atoms with van der Waals surface area (Å²) in [6.07, 6.45) is 0.957. The molecule has 2 aromatic rings. The highest BCUT2D eigenvalue weighted by Crippen LogP contribution is 2.45. The number of thiol groups is 1. The lowest BCUT2D eigenvalue weighted by molar-refractivity contribution is -0.508. The van der Waals surface area contributed by atoms with E-state index in [1.807, 2.05) is 6.92 Å². The van der Waals surface area contributed by atoms with Gasteiger partial charge in [0.25, 0.3) is 5.91 Å². The molecular weight excluding hydrogens is 755 g/mol. The standard InChI is InChI=1S/C34H39N3O13S3/c1-20-16-24-28(18-26(20)35-10-4-14-47-49-50-51)48-29-19-27(36-11-5-15-52(41,42)43)21(2)17-25(29)31(24)32-23(6-3-7-30(32)53(44,45)46)33(38)37-12-8-22(9-13-37)34(39)40/h3,6-7,16-19,22,36,51H,4-5,8-15H2,1-2H3,(H,39,40)(H,41,42,43)(H,44,45,46)/p-1. The minimum absolute atomic E-state index is 0.0421. The first kappa shape index (κ1) is 40.1. The molecule has 16 nitrogen and oxygen atoms in total. The number of amides is 1. The number of hydrogen-bond acceptors (Lipinski definition) is 14. The fourth-order valence-electron chi connectivity index (χ4n) is 6.41. The van der Waals surface area contributed by atoms with Crippen molar-refractivity contribution in [1.82, 2.24) is 4.90 Å². The highest BCUT2D eigenvalue weighted by Gasteiger charge is 2.32. The first-order valence-corrected chi connectivity index (χ1v) is 19.9. The van der Waals surface area contributed by atoms with E-state index in [4.69, 9.17) is 9.30 Å². The number of carboxylic acid groups (broad SMARTS) is 1. The van der Waals surface area contributed by atoms with Crippen molar-refractivity contribution >= 4 is 61.7 Å². The SMILES string of the molecule is Cc1cc2c(-c3c(C(=O)N4CCC(C(=O)O)CC4)cccc3S(=O)(=O)[O-])c3cc(C)c(=[NH+]CCCOOOS)cc-3oc2cc1NCCCS(=O)(=O)[O-]. The third-order valence-electron chi connectivity index (χ3n) is 9.00. The van der Waals surface area contributed by atoms with Gasteiger partial charge < -0.3 is 28.8 Å². The summed E-state index contributed by atoms with van der Waals surface area (Å²) < 4.78 is 82.8. The van der Waals surface area contributed by atoms with Gasteiger partial charge in [-0.25, -0.2) is 26.7 Å². The zero-order valence-electron chi connectivity index (χ0n) is 28.7. The zero-order chi connectivity index (χ0) is 38.5. The van der Waals surface area contributed by atoms with Crippen molar-refractivity contribution in [3.8, 4) is 22.5 Å². The van der Waals surface area contributed by atoms with Crippen molar-refractivity contribution < 1.29 is 64.3 Å². The Bertz CT molecular complexity index is 2270. The van der Waals surface area contributed by atoms with E-state index < -0.39 is 48.7 Å². The predicted octanol–water partition coefficient (Wildman–Crippen LogP) is 2.11. The van der Waals surface area contributed by atoms with Gasteiger partial charge in [-0.15, -0.1) is 4.33 Å². The Morgan fingerprint density at radius 2 is 1.77 bits per heavy atom. The van der Waals surface area contributed by atoms with E-state index in [1.165, 1.54) is 17.0 Å². The molecule has 0 saturated carbocycles. The Labute approximate surface area is 311 Å². The molecule has 0 unspecified atom stereocenters. The number of benzene rings is 3. The molecule has 2 aromatic carbocycles. The number of carboxylic acids is 1. The van der Waals surface area contributed by atoms with Crippen molar-refractivity contribution in [1.29, 1.82) is 0 Å². The lowest BCUT2D eigenvalue weighted by Gasteiger charge is -2.31. The highest BCUT2D eigenvalue weighted by molar-refractivity contribution is 7.86. The predicted molar refractivity (Wildman–Crippen MR) is 190 cm³/mol. The molecule has 3 N–H and O–H groups in total. The summed E-state index contributed by atoms with van der Waals surface area (Å²) in [5.74, 6) is -2.44. The van der Waals surface area contributed by atoms with Gasteiger partial charge in [0, 0.05) is 89.7 Å². The number of aliphatic carboxylic acids is 1. The molecule has 3 aliphatic rings. The monoisotopic (exact) mass is 792 g/mol. The first-order chi connectivity index (χ1) is 25.1. The van der Waals surface area contributed by atoms with Gasteiger partial charge in [0.2, 0.25) is 5.36 Å². The second kappa shape index (κ2) is 16.9. The molecule has 0 radical (unpaired) electrons. The molecule has 0 atom stereocenters. The number of carbonyl (C=O) groups excluding carboxylic acids is 1. The average molecular weight is 793 g/mol. The van der Waals surface area contributed by atoms with Crippen LogP contribution in [-0.2, 0) is 39.3 Å². The summed E-state index contributed by atoms with van der Waals surface area (Å²) >= 11 is 3.43. The molecule has 0 aromatic heterocycles. The van der Waals surface area contributed by atoms with E-state index in [0.717, 1.165) is 11.6 Å². The van der Waals surface area contributed by atoms with Crippen molar-refractivity contribution in [2.24, 2.45) is 5.92 Å². The van der Waals surface area contributed by atoms with Gasteiger partial charge in [0.1, 0.15) is 28.0 Å². The molecule has 0 spiro atoms. The quantitative estimate of drug-likeness (QED) is 0.0257. The molecule has 286 valence electrons. The summed E-state index contributed by atoms with van der Waals surface area (Å²) in [4.78, 5) is 34.7.